The largest absolute Gasteiger partial charge is 0.481 e. The molecule has 0 saturated heterocycles. The number of amides is 1. The monoisotopic (exact) mass is 319 g/mol. The van der Waals surface area contributed by atoms with Crippen molar-refractivity contribution in [3.63, 3.8) is 0 Å². The molecular weight excluding hydrogens is 302 g/mol. The Balaban J connectivity index is 2.82. The minimum Gasteiger partial charge on any atom is -0.481 e. The van der Waals surface area contributed by atoms with E-state index in [1.54, 1.807) is 0 Å². The molecule has 0 bridgehead atoms. The third-order valence-corrected chi connectivity index (χ3v) is 3.58. The summed E-state index contributed by atoms with van der Waals surface area (Å²) in [5.74, 6) is -1.86. The Labute approximate surface area is 121 Å². The zero-order valence-electron chi connectivity index (χ0n) is 11.5. The van der Waals surface area contributed by atoms with E-state index in [0.717, 1.165) is 6.07 Å². The Morgan fingerprint density at radius 2 is 2.05 bits per heavy atom. The van der Waals surface area contributed by atoms with E-state index in [1.165, 1.54) is 24.7 Å². The first kappa shape index (κ1) is 17.1. The number of aromatic nitrogens is 1. The van der Waals surface area contributed by atoms with Gasteiger partial charge in [-0.05, 0) is 13.0 Å². The Morgan fingerprint density at radius 1 is 1.48 bits per heavy atom. The molecule has 9 nitrogen and oxygen atoms in total. The van der Waals surface area contributed by atoms with Crippen LogP contribution in [0.5, 0.6) is 0 Å². The quantitative estimate of drug-likeness (QED) is 0.507. The van der Waals surface area contributed by atoms with Gasteiger partial charge in [-0.2, -0.15) is 0 Å². The van der Waals surface area contributed by atoms with Crippen molar-refractivity contribution in [1.82, 2.24) is 9.88 Å². The van der Waals surface area contributed by atoms with Gasteiger partial charge < -0.3 is 20.1 Å². The number of nitrogens with two attached hydrogens (primary N) is 1. The van der Waals surface area contributed by atoms with Gasteiger partial charge in [-0.25, -0.2) is 13.6 Å². The zero-order valence-corrected chi connectivity index (χ0v) is 12.3. The molecule has 0 fully saturated rings. The van der Waals surface area contributed by atoms with Gasteiger partial charge in [0.1, 0.15) is 10.6 Å². The number of nitrogens with one attached hydrogen (secondary N) is 1. The van der Waals surface area contributed by atoms with Crippen LogP contribution in [0.25, 0.3) is 0 Å². The van der Waals surface area contributed by atoms with E-state index in [1.807, 2.05) is 0 Å². The maximum Gasteiger partial charge on any atom is 0.306 e. The predicted octanol–water partition coefficient (Wildman–Crippen LogP) is -1.37. The minimum absolute atomic E-state index is 0.0187. The second-order valence-corrected chi connectivity index (χ2v) is 6.53. The van der Waals surface area contributed by atoms with Crippen LogP contribution in [0.3, 0.4) is 0 Å². The lowest BCUT2D eigenvalue weighted by atomic mass is 10.0. The SMILES string of the molecule is Cn1cc(S(N)(=O)=O)cc1C(=O)NCC(C)(O)CC(=O)O. The van der Waals surface area contributed by atoms with Crippen molar-refractivity contribution in [2.75, 3.05) is 6.54 Å². The first-order chi connectivity index (χ1) is 9.42. The number of hydrogen-bond donors (Lipinski definition) is 4. The standard InChI is InChI=1S/C11H17N3O6S/c1-11(18,4-9(15)16)6-13-10(17)8-3-7(5-14(8)2)21(12,19)20/h3,5,18H,4,6H2,1-2H3,(H,13,17)(H,15,16)(H2,12,19,20). The van der Waals surface area contributed by atoms with Crippen molar-refractivity contribution < 1.29 is 28.2 Å². The molecule has 1 aromatic heterocycles. The van der Waals surface area contributed by atoms with Crippen LogP contribution >= 0.6 is 0 Å². The number of aliphatic carboxylic acids is 1. The molecule has 5 N–H and O–H groups in total. The van der Waals surface area contributed by atoms with Gasteiger partial charge in [0.25, 0.3) is 5.91 Å². The molecule has 1 atom stereocenters. The van der Waals surface area contributed by atoms with E-state index in [9.17, 15) is 23.1 Å². The third-order valence-electron chi connectivity index (χ3n) is 2.70. The van der Waals surface area contributed by atoms with E-state index in [0.29, 0.717) is 0 Å². The highest BCUT2D eigenvalue weighted by atomic mass is 32.2. The first-order valence-corrected chi connectivity index (χ1v) is 7.38. The van der Waals surface area contributed by atoms with Crippen molar-refractivity contribution in [3.8, 4) is 0 Å². The number of carbonyl (C=O) groups is 2. The zero-order chi connectivity index (χ0) is 16.4. The van der Waals surface area contributed by atoms with E-state index in [-0.39, 0.29) is 17.1 Å². The average molecular weight is 319 g/mol. The van der Waals surface area contributed by atoms with Crippen LogP contribution in [0, 0.1) is 0 Å². The molecule has 0 aliphatic carbocycles. The summed E-state index contributed by atoms with van der Waals surface area (Å²) in [6.07, 6.45) is 0.641. The average Bonchev–Trinajstić information content (AvgIpc) is 2.66. The van der Waals surface area contributed by atoms with Crippen molar-refractivity contribution >= 4 is 21.9 Å². The van der Waals surface area contributed by atoms with Gasteiger partial charge in [-0.3, -0.25) is 9.59 Å². The molecule has 118 valence electrons. The molecule has 1 rings (SSSR count). The highest BCUT2D eigenvalue weighted by Gasteiger charge is 2.26. The second kappa shape index (κ2) is 5.84. The number of sulfonamides is 1. The number of hydrogen-bond acceptors (Lipinski definition) is 5. The Kier molecular flexibility index (Phi) is 4.76. The summed E-state index contributed by atoms with van der Waals surface area (Å²) in [5.41, 5.74) is -1.60. The van der Waals surface area contributed by atoms with Gasteiger partial charge in [0, 0.05) is 19.8 Å². The van der Waals surface area contributed by atoms with E-state index >= 15 is 0 Å². The summed E-state index contributed by atoms with van der Waals surface area (Å²) in [4.78, 5) is 22.2. The molecule has 10 heteroatoms. The number of aryl methyl sites for hydroxylation is 1. The topological polar surface area (TPSA) is 152 Å². The van der Waals surface area contributed by atoms with Crippen LogP contribution in [0.1, 0.15) is 23.8 Å². The van der Waals surface area contributed by atoms with Crippen LogP contribution in [0.2, 0.25) is 0 Å². The summed E-state index contributed by atoms with van der Waals surface area (Å²) in [6, 6.07) is 1.09. The van der Waals surface area contributed by atoms with E-state index in [4.69, 9.17) is 10.2 Å². The molecular formula is C11H17N3O6S. The summed E-state index contributed by atoms with van der Waals surface area (Å²) < 4.78 is 23.6. The third kappa shape index (κ3) is 4.85. The van der Waals surface area contributed by atoms with Crippen molar-refractivity contribution in [2.45, 2.75) is 23.8 Å². The van der Waals surface area contributed by atoms with Crippen molar-refractivity contribution in [3.05, 3.63) is 18.0 Å². The molecule has 1 unspecified atom stereocenters. The van der Waals surface area contributed by atoms with Gasteiger partial charge in [0.05, 0.1) is 12.0 Å². The molecule has 21 heavy (non-hydrogen) atoms. The first-order valence-electron chi connectivity index (χ1n) is 5.84. The molecule has 1 heterocycles. The van der Waals surface area contributed by atoms with Gasteiger partial charge in [-0.15, -0.1) is 0 Å². The lowest BCUT2D eigenvalue weighted by Crippen LogP contribution is -2.42. The van der Waals surface area contributed by atoms with Gasteiger partial charge >= 0.3 is 5.97 Å². The lowest BCUT2D eigenvalue weighted by molar-refractivity contribution is -0.141. The fourth-order valence-corrected chi connectivity index (χ4v) is 2.25. The lowest BCUT2D eigenvalue weighted by Gasteiger charge is -2.21. The number of rotatable bonds is 6. The number of aliphatic hydroxyl groups is 1. The number of primary sulfonamides is 1. The number of carbonyl (C=O) groups excluding carboxylic acids is 1. The summed E-state index contributed by atoms with van der Waals surface area (Å²) >= 11 is 0. The van der Waals surface area contributed by atoms with Crippen molar-refractivity contribution in [1.29, 1.82) is 0 Å². The number of carboxylic acid groups (broad SMARTS) is 1. The van der Waals surface area contributed by atoms with Gasteiger partial charge in [0.15, 0.2) is 0 Å². The van der Waals surface area contributed by atoms with Crippen LogP contribution in [-0.2, 0) is 21.9 Å². The van der Waals surface area contributed by atoms with Crippen LogP contribution in [-0.4, -0.2) is 47.2 Å². The highest BCUT2D eigenvalue weighted by Crippen LogP contribution is 2.12. The van der Waals surface area contributed by atoms with E-state index in [2.05, 4.69) is 5.32 Å². The second-order valence-electron chi connectivity index (χ2n) is 4.97. The maximum atomic E-state index is 11.9. The normalized spacial score (nSPS) is 14.5. The molecule has 0 radical (unpaired) electrons. The summed E-state index contributed by atoms with van der Waals surface area (Å²) in [5, 5.41) is 25.7. The molecule has 0 saturated carbocycles. The Bertz CT molecular complexity index is 661. The molecule has 1 aromatic rings. The predicted molar refractivity (Wildman–Crippen MR) is 72.0 cm³/mol. The van der Waals surface area contributed by atoms with Crippen LogP contribution in [0.15, 0.2) is 17.2 Å². The van der Waals surface area contributed by atoms with Crippen LogP contribution in [0.4, 0.5) is 0 Å². The molecule has 0 aliphatic heterocycles. The smallest absolute Gasteiger partial charge is 0.306 e. The molecule has 0 aliphatic rings. The minimum atomic E-state index is -3.93. The van der Waals surface area contributed by atoms with Gasteiger partial charge in [0.2, 0.25) is 10.0 Å². The number of carboxylic acids is 1. The van der Waals surface area contributed by atoms with E-state index < -0.39 is 33.9 Å². The van der Waals surface area contributed by atoms with Crippen LogP contribution < -0.4 is 10.5 Å². The van der Waals surface area contributed by atoms with Crippen molar-refractivity contribution in [2.24, 2.45) is 12.2 Å². The summed E-state index contributed by atoms with van der Waals surface area (Å²) in [7, 11) is -2.47. The highest BCUT2D eigenvalue weighted by molar-refractivity contribution is 7.89. The fourth-order valence-electron chi connectivity index (χ4n) is 1.67. The fraction of sp³-hybridized carbons (Fsp3) is 0.455. The Morgan fingerprint density at radius 3 is 2.48 bits per heavy atom. The summed E-state index contributed by atoms with van der Waals surface area (Å²) in [6.45, 7) is 0.968. The molecule has 0 aromatic carbocycles. The van der Waals surface area contributed by atoms with Gasteiger partial charge in [-0.1, -0.05) is 0 Å². The molecule has 0 spiro atoms. The molecule has 1 amide bonds. The number of nitrogens with zero attached hydrogens (tertiary/aromatic N) is 1. The maximum absolute atomic E-state index is 11.9. The Hall–Kier alpha value is -1.91.